The molecule has 0 amide bonds. The number of hydrogen-bond acceptors (Lipinski definition) is 3. The second kappa shape index (κ2) is 4.48. The summed E-state index contributed by atoms with van der Waals surface area (Å²) >= 11 is 0. The summed E-state index contributed by atoms with van der Waals surface area (Å²) in [5, 5.41) is 17.4. The number of hydrogen-bond donors (Lipinski definition) is 3. The van der Waals surface area contributed by atoms with Crippen LogP contribution in [0.3, 0.4) is 0 Å². The molecule has 13 heavy (non-hydrogen) atoms. The van der Waals surface area contributed by atoms with Gasteiger partial charge in [-0.15, -0.1) is 0 Å². The zero-order chi connectivity index (χ0) is 9.68. The molecule has 0 saturated heterocycles. The number of nitrogens with zero attached hydrogens (tertiary/aromatic N) is 2. The molecule has 0 unspecified atom stereocenters. The van der Waals surface area contributed by atoms with E-state index in [1.807, 2.05) is 13.1 Å². The molecule has 0 saturated carbocycles. The molecule has 0 aliphatic rings. The van der Waals surface area contributed by atoms with Crippen LogP contribution in [-0.2, 0) is 6.42 Å². The Kier molecular flexibility index (Phi) is 3.29. The van der Waals surface area contributed by atoms with Gasteiger partial charge in [0.15, 0.2) is 5.82 Å². The highest BCUT2D eigenvalue weighted by molar-refractivity contribution is 5.50. The van der Waals surface area contributed by atoms with Gasteiger partial charge in [-0.25, -0.2) is 0 Å². The molecule has 1 heterocycles. The van der Waals surface area contributed by atoms with E-state index in [4.69, 9.17) is 11.0 Å². The Hall–Kier alpha value is -1.54. The first kappa shape index (κ1) is 9.55. The van der Waals surface area contributed by atoms with Crippen LogP contribution >= 0.6 is 0 Å². The molecule has 1 rings (SSSR count). The van der Waals surface area contributed by atoms with Crippen molar-refractivity contribution in [1.82, 2.24) is 10.2 Å². The molecular formula is C8H14N5+. The zero-order valence-corrected chi connectivity index (χ0v) is 7.67. The van der Waals surface area contributed by atoms with Gasteiger partial charge in [-0.2, -0.15) is 10.4 Å². The molecule has 5 N–H and O–H groups in total. The highest BCUT2D eigenvalue weighted by Crippen LogP contribution is 2.12. The van der Waals surface area contributed by atoms with Gasteiger partial charge in [0.05, 0.1) is 19.3 Å². The number of anilines is 1. The zero-order valence-electron chi connectivity index (χ0n) is 7.67. The van der Waals surface area contributed by atoms with Crippen LogP contribution in [-0.4, -0.2) is 23.8 Å². The van der Waals surface area contributed by atoms with E-state index in [1.165, 1.54) is 0 Å². The monoisotopic (exact) mass is 180 g/mol. The Morgan fingerprint density at radius 2 is 2.46 bits per heavy atom. The minimum atomic E-state index is 0.304. The van der Waals surface area contributed by atoms with E-state index in [-0.39, 0.29) is 0 Å². The Morgan fingerprint density at radius 1 is 1.69 bits per heavy atom. The summed E-state index contributed by atoms with van der Waals surface area (Å²) in [6, 6.07) is 2.04. The van der Waals surface area contributed by atoms with Gasteiger partial charge in [0.1, 0.15) is 11.6 Å². The van der Waals surface area contributed by atoms with Crippen molar-refractivity contribution >= 4 is 5.82 Å². The smallest absolute Gasteiger partial charge is 0.163 e. The van der Waals surface area contributed by atoms with Crippen LogP contribution in [0.25, 0.3) is 0 Å². The number of nitrogen functional groups attached to an aromatic ring is 1. The van der Waals surface area contributed by atoms with Crippen LogP contribution < -0.4 is 11.1 Å². The van der Waals surface area contributed by atoms with E-state index in [9.17, 15) is 0 Å². The van der Waals surface area contributed by atoms with Gasteiger partial charge in [0.2, 0.25) is 0 Å². The van der Waals surface area contributed by atoms with E-state index in [2.05, 4.69) is 15.5 Å². The average molecular weight is 180 g/mol. The number of nitrogens with two attached hydrogens (primary N) is 2. The summed E-state index contributed by atoms with van der Waals surface area (Å²) in [4.78, 5) is 0. The molecule has 5 nitrogen and oxygen atoms in total. The van der Waals surface area contributed by atoms with Crippen molar-refractivity contribution in [3.63, 3.8) is 0 Å². The standard InChI is InChI=1S/C8H13N5/c1-11-4-2-3-7-6(5-9)8(10)13-12-7/h11H,2-4H2,1H3,(H3,10,12,13)/p+1. The Labute approximate surface area is 76.9 Å². The predicted molar refractivity (Wildman–Crippen MR) is 48.8 cm³/mol. The normalized spacial score (nSPS) is 9.85. The van der Waals surface area contributed by atoms with Crippen molar-refractivity contribution in [3.05, 3.63) is 11.3 Å². The maximum atomic E-state index is 8.75. The van der Waals surface area contributed by atoms with E-state index in [0.717, 1.165) is 25.1 Å². The predicted octanol–water partition coefficient (Wildman–Crippen LogP) is -1.01. The van der Waals surface area contributed by atoms with Crippen LogP contribution in [0.5, 0.6) is 0 Å². The summed E-state index contributed by atoms with van der Waals surface area (Å²) in [7, 11) is 2.02. The minimum absolute atomic E-state index is 0.304. The molecule has 0 spiro atoms. The third-order valence-corrected chi connectivity index (χ3v) is 1.90. The van der Waals surface area contributed by atoms with E-state index < -0.39 is 0 Å². The van der Waals surface area contributed by atoms with Crippen molar-refractivity contribution in [2.45, 2.75) is 12.8 Å². The quantitative estimate of drug-likeness (QED) is 0.518. The second-order valence-corrected chi connectivity index (χ2v) is 2.87. The lowest BCUT2D eigenvalue weighted by Crippen LogP contribution is -2.79. The first-order chi connectivity index (χ1) is 6.29. The van der Waals surface area contributed by atoms with Gasteiger partial charge < -0.3 is 11.1 Å². The van der Waals surface area contributed by atoms with Crippen LogP contribution in [0.4, 0.5) is 5.82 Å². The second-order valence-electron chi connectivity index (χ2n) is 2.87. The lowest BCUT2D eigenvalue weighted by Gasteiger charge is -1.95. The molecule has 0 aromatic carbocycles. The van der Waals surface area contributed by atoms with Crippen LogP contribution in [0.2, 0.25) is 0 Å². The number of aromatic nitrogens is 2. The number of H-pyrrole nitrogens is 1. The lowest BCUT2D eigenvalue weighted by molar-refractivity contribution is -0.627. The first-order valence-corrected chi connectivity index (χ1v) is 4.30. The lowest BCUT2D eigenvalue weighted by atomic mass is 10.1. The molecule has 0 atom stereocenters. The van der Waals surface area contributed by atoms with Gasteiger partial charge in [-0.3, -0.25) is 5.10 Å². The van der Waals surface area contributed by atoms with Crippen LogP contribution in [0, 0.1) is 11.3 Å². The van der Waals surface area contributed by atoms with Gasteiger partial charge in [-0.1, -0.05) is 0 Å². The molecule has 0 fully saturated rings. The topological polar surface area (TPSA) is 95.1 Å². The molecule has 70 valence electrons. The first-order valence-electron chi connectivity index (χ1n) is 4.30. The highest BCUT2D eigenvalue weighted by Gasteiger charge is 2.09. The third kappa shape index (κ3) is 2.20. The SMILES string of the molecule is C[NH2+]CCCc1[nH]nc(N)c1C#N. The van der Waals surface area contributed by atoms with Gasteiger partial charge in [-0.05, 0) is 6.42 Å². The molecule has 0 aliphatic carbocycles. The largest absolute Gasteiger partial charge is 0.381 e. The molecule has 0 radical (unpaired) electrons. The summed E-state index contributed by atoms with van der Waals surface area (Å²) in [6.07, 6.45) is 1.85. The molecule has 0 bridgehead atoms. The van der Waals surface area contributed by atoms with Crippen molar-refractivity contribution in [3.8, 4) is 6.07 Å². The van der Waals surface area contributed by atoms with Gasteiger partial charge in [0, 0.05) is 6.42 Å². The van der Waals surface area contributed by atoms with Gasteiger partial charge >= 0.3 is 0 Å². The summed E-state index contributed by atoms with van der Waals surface area (Å²) < 4.78 is 0. The fourth-order valence-corrected chi connectivity index (χ4v) is 1.18. The van der Waals surface area contributed by atoms with Crippen LogP contribution in [0.1, 0.15) is 17.7 Å². The number of nitriles is 1. The molecule has 5 heteroatoms. The summed E-state index contributed by atoms with van der Waals surface area (Å²) in [5.41, 5.74) is 6.83. The number of rotatable bonds is 4. The average Bonchev–Trinajstić information content (AvgIpc) is 2.47. The van der Waals surface area contributed by atoms with Crippen molar-refractivity contribution in [2.24, 2.45) is 0 Å². The summed E-state index contributed by atoms with van der Waals surface area (Å²) in [6.45, 7) is 1.05. The fraction of sp³-hybridized carbons (Fsp3) is 0.500. The van der Waals surface area contributed by atoms with Crippen molar-refractivity contribution in [1.29, 1.82) is 5.26 Å². The molecule has 1 aromatic rings. The Morgan fingerprint density at radius 3 is 3.08 bits per heavy atom. The molecular weight excluding hydrogens is 166 g/mol. The third-order valence-electron chi connectivity index (χ3n) is 1.90. The van der Waals surface area contributed by atoms with E-state index >= 15 is 0 Å². The maximum absolute atomic E-state index is 8.75. The number of aryl methyl sites for hydroxylation is 1. The molecule has 0 aliphatic heterocycles. The number of aromatic amines is 1. The van der Waals surface area contributed by atoms with Crippen molar-refractivity contribution < 1.29 is 5.32 Å². The van der Waals surface area contributed by atoms with E-state index in [0.29, 0.717) is 11.4 Å². The Balaban J connectivity index is 2.62. The van der Waals surface area contributed by atoms with Gasteiger partial charge in [0.25, 0.3) is 0 Å². The summed E-state index contributed by atoms with van der Waals surface area (Å²) in [5.74, 6) is 0.304. The number of nitrogens with one attached hydrogen (secondary N) is 1. The highest BCUT2D eigenvalue weighted by atomic mass is 15.2. The number of quaternary nitrogens is 1. The van der Waals surface area contributed by atoms with E-state index in [1.54, 1.807) is 0 Å². The molecule has 1 aromatic heterocycles. The maximum Gasteiger partial charge on any atom is 0.163 e. The Bertz CT molecular complexity index is 309. The van der Waals surface area contributed by atoms with Crippen molar-refractivity contribution in [2.75, 3.05) is 19.3 Å². The van der Waals surface area contributed by atoms with Crippen LogP contribution in [0.15, 0.2) is 0 Å². The fourth-order valence-electron chi connectivity index (χ4n) is 1.18. The minimum Gasteiger partial charge on any atom is -0.381 e.